The molecule has 2 aliphatic heterocycles. The van der Waals surface area contributed by atoms with Gasteiger partial charge >= 0.3 is 0 Å². The fourth-order valence-electron chi connectivity index (χ4n) is 3.97. The van der Waals surface area contributed by atoms with E-state index in [1.165, 1.54) is 12.0 Å². The van der Waals surface area contributed by atoms with E-state index in [0.717, 1.165) is 62.4 Å². The third-order valence-electron chi connectivity index (χ3n) is 5.55. The molecule has 5 heteroatoms. The number of unbranched alkanes of at least 4 members (excludes halogenated alkanes) is 1. The van der Waals surface area contributed by atoms with Crippen LogP contribution in [0.25, 0.3) is 0 Å². The van der Waals surface area contributed by atoms with Crippen molar-refractivity contribution >= 4 is 11.6 Å². The van der Waals surface area contributed by atoms with Crippen molar-refractivity contribution in [1.29, 1.82) is 0 Å². The van der Waals surface area contributed by atoms with Crippen LogP contribution in [0.1, 0.15) is 67.4 Å². The van der Waals surface area contributed by atoms with E-state index >= 15 is 0 Å². The van der Waals surface area contributed by atoms with Gasteiger partial charge in [0.05, 0.1) is 11.7 Å². The molecule has 2 aliphatic rings. The number of ether oxygens (including phenoxy) is 1. The van der Waals surface area contributed by atoms with Gasteiger partial charge in [-0.25, -0.2) is 5.01 Å². The second-order valence-electron chi connectivity index (χ2n) is 7.68. The van der Waals surface area contributed by atoms with E-state index in [9.17, 15) is 4.79 Å². The minimum Gasteiger partial charge on any atom is -0.455 e. The molecule has 0 spiro atoms. The first-order chi connectivity index (χ1) is 13.7. The summed E-state index contributed by atoms with van der Waals surface area (Å²) < 4.78 is 6.19. The van der Waals surface area contributed by atoms with Crippen LogP contribution in [-0.4, -0.2) is 24.0 Å². The maximum Gasteiger partial charge on any atom is 0.265 e. The summed E-state index contributed by atoms with van der Waals surface area (Å²) in [6, 6.07) is 14.0. The summed E-state index contributed by atoms with van der Waals surface area (Å²) in [5.74, 6) is 1.60. The number of anilines is 1. The smallest absolute Gasteiger partial charge is 0.265 e. The number of hydrazine groups is 1. The molecule has 1 unspecified atom stereocenters. The molecule has 0 aromatic heterocycles. The number of hydrogen-bond acceptors (Lipinski definition) is 4. The molecular formula is C23H29N3O2. The average Bonchev–Trinajstić information content (AvgIpc) is 2.88. The van der Waals surface area contributed by atoms with Gasteiger partial charge in [0.15, 0.2) is 5.75 Å². The summed E-state index contributed by atoms with van der Waals surface area (Å²) in [6.07, 6.45) is 6.82. The number of carbonyl (C=O) groups is 1. The highest BCUT2D eigenvalue weighted by Gasteiger charge is 2.23. The molecule has 2 N–H and O–H groups in total. The van der Waals surface area contributed by atoms with E-state index in [2.05, 4.69) is 29.8 Å². The largest absolute Gasteiger partial charge is 0.455 e. The van der Waals surface area contributed by atoms with Crippen LogP contribution >= 0.6 is 0 Å². The van der Waals surface area contributed by atoms with Gasteiger partial charge in [-0.1, -0.05) is 44.4 Å². The predicted octanol–water partition coefficient (Wildman–Crippen LogP) is 5.27. The van der Waals surface area contributed by atoms with Crippen molar-refractivity contribution in [3.8, 4) is 11.5 Å². The van der Waals surface area contributed by atoms with E-state index in [4.69, 9.17) is 4.74 Å². The van der Waals surface area contributed by atoms with E-state index in [-0.39, 0.29) is 11.9 Å². The van der Waals surface area contributed by atoms with Crippen LogP contribution in [0.5, 0.6) is 11.5 Å². The van der Waals surface area contributed by atoms with Gasteiger partial charge in [0.25, 0.3) is 5.91 Å². The van der Waals surface area contributed by atoms with Gasteiger partial charge in [0, 0.05) is 24.2 Å². The molecule has 148 valence electrons. The third-order valence-corrected chi connectivity index (χ3v) is 5.55. The maximum absolute atomic E-state index is 12.7. The summed E-state index contributed by atoms with van der Waals surface area (Å²) in [5, 5.41) is 5.66. The highest BCUT2D eigenvalue weighted by molar-refractivity contribution is 5.95. The van der Waals surface area contributed by atoms with Crippen molar-refractivity contribution in [2.24, 2.45) is 0 Å². The SMILES string of the molecule is CCCCC1Nc2cc(C(=O)NN3CCCCC3)ccc2Oc2ccccc21. The van der Waals surface area contributed by atoms with Crippen molar-refractivity contribution in [3.05, 3.63) is 53.6 Å². The van der Waals surface area contributed by atoms with Gasteiger partial charge in [0.2, 0.25) is 0 Å². The number of benzene rings is 2. The van der Waals surface area contributed by atoms with E-state index in [1.807, 2.05) is 35.3 Å². The molecule has 4 rings (SSSR count). The summed E-state index contributed by atoms with van der Waals surface area (Å²) >= 11 is 0. The topological polar surface area (TPSA) is 53.6 Å². The Morgan fingerprint density at radius 1 is 1.14 bits per heavy atom. The summed E-state index contributed by atoms with van der Waals surface area (Å²) in [5.41, 5.74) is 5.75. The number of nitrogens with one attached hydrogen (secondary N) is 2. The van der Waals surface area contributed by atoms with Gasteiger partial charge in [-0.3, -0.25) is 10.2 Å². The van der Waals surface area contributed by atoms with Gasteiger partial charge in [0.1, 0.15) is 5.75 Å². The summed E-state index contributed by atoms with van der Waals surface area (Å²) in [4.78, 5) is 12.7. The molecule has 1 atom stereocenters. The summed E-state index contributed by atoms with van der Waals surface area (Å²) in [6.45, 7) is 4.05. The number of para-hydroxylation sites is 1. The fourth-order valence-corrected chi connectivity index (χ4v) is 3.97. The Morgan fingerprint density at radius 3 is 2.79 bits per heavy atom. The Labute approximate surface area is 167 Å². The number of fused-ring (bicyclic) bond motifs is 2. The Hall–Kier alpha value is -2.53. The quantitative estimate of drug-likeness (QED) is 0.743. The fraction of sp³-hybridized carbons (Fsp3) is 0.435. The minimum absolute atomic E-state index is 0.0571. The Morgan fingerprint density at radius 2 is 1.96 bits per heavy atom. The van der Waals surface area contributed by atoms with Crippen molar-refractivity contribution < 1.29 is 9.53 Å². The molecule has 0 bridgehead atoms. The minimum atomic E-state index is -0.0571. The van der Waals surface area contributed by atoms with Crippen LogP contribution in [0.4, 0.5) is 5.69 Å². The van der Waals surface area contributed by atoms with Crippen LogP contribution in [0, 0.1) is 0 Å². The lowest BCUT2D eigenvalue weighted by molar-refractivity contribution is 0.0750. The van der Waals surface area contributed by atoms with Gasteiger partial charge in [-0.05, 0) is 43.5 Å². The Bertz CT molecular complexity index is 830. The lowest BCUT2D eigenvalue weighted by Crippen LogP contribution is -2.45. The molecule has 5 nitrogen and oxygen atoms in total. The number of nitrogens with zero attached hydrogens (tertiary/aromatic N) is 1. The second kappa shape index (κ2) is 8.65. The molecule has 1 saturated heterocycles. The molecule has 0 saturated carbocycles. The maximum atomic E-state index is 12.7. The molecule has 1 amide bonds. The van der Waals surface area contributed by atoms with Crippen LogP contribution in [0.2, 0.25) is 0 Å². The first-order valence-corrected chi connectivity index (χ1v) is 10.5. The van der Waals surface area contributed by atoms with Gasteiger partial charge in [-0.15, -0.1) is 0 Å². The molecule has 0 radical (unpaired) electrons. The molecule has 2 aromatic rings. The number of rotatable bonds is 5. The average molecular weight is 380 g/mol. The third kappa shape index (κ3) is 4.14. The normalized spacial score (nSPS) is 18.8. The van der Waals surface area contributed by atoms with E-state index in [1.54, 1.807) is 0 Å². The molecular weight excluding hydrogens is 350 g/mol. The highest BCUT2D eigenvalue weighted by Crippen LogP contribution is 2.41. The predicted molar refractivity (Wildman–Crippen MR) is 112 cm³/mol. The van der Waals surface area contributed by atoms with Crippen LogP contribution in [0.3, 0.4) is 0 Å². The van der Waals surface area contributed by atoms with Crippen LogP contribution < -0.4 is 15.5 Å². The molecule has 2 aromatic carbocycles. The van der Waals surface area contributed by atoms with Gasteiger partial charge < -0.3 is 10.1 Å². The van der Waals surface area contributed by atoms with Gasteiger partial charge in [-0.2, -0.15) is 0 Å². The Kier molecular flexibility index (Phi) is 5.81. The lowest BCUT2D eigenvalue weighted by Gasteiger charge is -2.27. The molecule has 2 heterocycles. The molecule has 28 heavy (non-hydrogen) atoms. The van der Waals surface area contributed by atoms with E-state index in [0.29, 0.717) is 5.56 Å². The van der Waals surface area contributed by atoms with Crippen LogP contribution in [-0.2, 0) is 0 Å². The molecule has 1 fully saturated rings. The van der Waals surface area contributed by atoms with E-state index < -0.39 is 0 Å². The number of carbonyl (C=O) groups excluding carboxylic acids is 1. The van der Waals surface area contributed by atoms with Crippen molar-refractivity contribution in [3.63, 3.8) is 0 Å². The first kappa shape index (κ1) is 18.8. The first-order valence-electron chi connectivity index (χ1n) is 10.5. The zero-order valence-electron chi connectivity index (χ0n) is 16.5. The Balaban J connectivity index is 1.57. The number of amides is 1. The second-order valence-corrected chi connectivity index (χ2v) is 7.68. The van der Waals surface area contributed by atoms with Crippen molar-refractivity contribution in [2.45, 2.75) is 51.5 Å². The zero-order valence-corrected chi connectivity index (χ0v) is 16.5. The number of piperidine rings is 1. The number of hydrogen-bond donors (Lipinski definition) is 2. The summed E-state index contributed by atoms with van der Waals surface area (Å²) in [7, 11) is 0. The van der Waals surface area contributed by atoms with Crippen LogP contribution in [0.15, 0.2) is 42.5 Å². The standard InChI is InChI=1S/C23H29N3O2/c1-2-3-10-19-18-9-5-6-11-21(18)28-22-13-12-17(16-20(22)24-19)23(27)25-26-14-7-4-8-15-26/h5-6,9,11-13,16,19,24H,2-4,7-8,10,14-15H2,1H3,(H,25,27). The lowest BCUT2D eigenvalue weighted by atomic mass is 10.00. The van der Waals surface area contributed by atoms with Crippen molar-refractivity contribution in [1.82, 2.24) is 10.4 Å². The zero-order chi connectivity index (χ0) is 19.3. The molecule has 0 aliphatic carbocycles. The van der Waals surface area contributed by atoms with Crippen molar-refractivity contribution in [2.75, 3.05) is 18.4 Å². The monoisotopic (exact) mass is 379 g/mol. The highest BCUT2D eigenvalue weighted by atomic mass is 16.5.